The topological polar surface area (TPSA) is 82.5 Å². The summed E-state index contributed by atoms with van der Waals surface area (Å²) in [6.45, 7) is 4.08. The van der Waals surface area contributed by atoms with Crippen LogP contribution in [0, 0.1) is 6.92 Å². The van der Waals surface area contributed by atoms with Crippen LogP contribution < -0.4 is 5.32 Å². The Morgan fingerprint density at radius 2 is 2.24 bits per heavy atom. The molecule has 0 spiro atoms. The molecule has 0 radical (unpaired) electrons. The molecule has 1 rings (SSSR count). The minimum atomic E-state index is -0.979. The largest absolute Gasteiger partial charge is 0.478 e. The van der Waals surface area contributed by atoms with E-state index >= 15 is 0 Å². The number of rotatable bonds is 6. The van der Waals surface area contributed by atoms with Gasteiger partial charge in [0, 0.05) is 6.54 Å². The molecule has 17 heavy (non-hydrogen) atoms. The maximum atomic E-state index is 10.8. The highest BCUT2D eigenvalue weighted by Gasteiger charge is 2.09. The second kappa shape index (κ2) is 6.20. The van der Waals surface area contributed by atoms with Crippen LogP contribution >= 0.6 is 0 Å². The lowest BCUT2D eigenvalue weighted by Crippen LogP contribution is -2.19. The van der Waals surface area contributed by atoms with E-state index in [2.05, 4.69) is 10.3 Å². The standard InChI is InChI=1S/C12H18N2O3/c1-3-4-9(15)7-13-11-6-5-10(12(16)17)8(2)14-11/h5-6,9,15H,3-4,7H2,1-2H3,(H,13,14)(H,16,17). The lowest BCUT2D eigenvalue weighted by Gasteiger charge is -2.12. The Kier molecular flexibility index (Phi) is 4.90. The van der Waals surface area contributed by atoms with Crippen LogP contribution in [0.3, 0.4) is 0 Å². The second-order valence-corrected chi connectivity index (χ2v) is 3.96. The van der Waals surface area contributed by atoms with Crippen molar-refractivity contribution < 1.29 is 15.0 Å². The molecule has 1 aromatic rings. The summed E-state index contributed by atoms with van der Waals surface area (Å²) in [5.41, 5.74) is 0.664. The minimum Gasteiger partial charge on any atom is -0.478 e. The third-order valence-corrected chi connectivity index (χ3v) is 2.46. The van der Waals surface area contributed by atoms with Crippen molar-refractivity contribution >= 4 is 11.8 Å². The summed E-state index contributed by atoms with van der Waals surface area (Å²) in [7, 11) is 0. The first-order valence-corrected chi connectivity index (χ1v) is 5.67. The number of nitrogens with one attached hydrogen (secondary N) is 1. The van der Waals surface area contributed by atoms with Crippen LogP contribution in [-0.4, -0.2) is 33.8 Å². The number of anilines is 1. The molecule has 0 amide bonds. The number of nitrogens with zero attached hydrogens (tertiary/aromatic N) is 1. The van der Waals surface area contributed by atoms with Crippen LogP contribution in [-0.2, 0) is 0 Å². The van der Waals surface area contributed by atoms with E-state index in [1.54, 1.807) is 13.0 Å². The fourth-order valence-electron chi connectivity index (χ4n) is 1.54. The van der Waals surface area contributed by atoms with Gasteiger partial charge in [-0.05, 0) is 25.5 Å². The van der Waals surface area contributed by atoms with E-state index in [0.29, 0.717) is 18.1 Å². The van der Waals surface area contributed by atoms with Gasteiger partial charge in [0.05, 0.1) is 17.4 Å². The van der Waals surface area contributed by atoms with E-state index in [0.717, 1.165) is 12.8 Å². The number of pyridine rings is 1. The number of carboxylic acid groups (broad SMARTS) is 1. The van der Waals surface area contributed by atoms with Gasteiger partial charge in [-0.3, -0.25) is 0 Å². The Labute approximate surface area is 101 Å². The average Bonchev–Trinajstić information content (AvgIpc) is 2.26. The molecule has 1 heterocycles. The summed E-state index contributed by atoms with van der Waals surface area (Å²) < 4.78 is 0. The number of aliphatic hydroxyl groups is 1. The van der Waals surface area contributed by atoms with E-state index < -0.39 is 12.1 Å². The lowest BCUT2D eigenvalue weighted by atomic mass is 10.2. The zero-order valence-corrected chi connectivity index (χ0v) is 10.1. The van der Waals surface area contributed by atoms with Crippen molar-refractivity contribution in [2.75, 3.05) is 11.9 Å². The molecule has 94 valence electrons. The molecule has 5 nitrogen and oxygen atoms in total. The molecule has 1 unspecified atom stereocenters. The Hall–Kier alpha value is -1.62. The molecular weight excluding hydrogens is 220 g/mol. The van der Waals surface area contributed by atoms with Crippen molar-refractivity contribution in [1.82, 2.24) is 4.98 Å². The van der Waals surface area contributed by atoms with Gasteiger partial charge in [-0.2, -0.15) is 0 Å². The Morgan fingerprint density at radius 1 is 1.53 bits per heavy atom. The second-order valence-electron chi connectivity index (χ2n) is 3.96. The van der Waals surface area contributed by atoms with E-state index in [9.17, 15) is 9.90 Å². The molecule has 3 N–H and O–H groups in total. The Balaban J connectivity index is 2.62. The fourth-order valence-corrected chi connectivity index (χ4v) is 1.54. The molecule has 0 saturated carbocycles. The number of carboxylic acids is 1. The number of aliphatic hydroxyl groups excluding tert-OH is 1. The highest BCUT2D eigenvalue weighted by molar-refractivity contribution is 5.89. The van der Waals surface area contributed by atoms with Crippen LogP contribution in [0.4, 0.5) is 5.82 Å². The number of aromatic carboxylic acids is 1. The predicted molar refractivity (Wildman–Crippen MR) is 65.3 cm³/mol. The lowest BCUT2D eigenvalue weighted by molar-refractivity contribution is 0.0695. The predicted octanol–water partition coefficient (Wildman–Crippen LogP) is 1.66. The van der Waals surface area contributed by atoms with Crippen LogP contribution in [0.25, 0.3) is 0 Å². The zero-order chi connectivity index (χ0) is 12.8. The average molecular weight is 238 g/mol. The summed E-state index contributed by atoms with van der Waals surface area (Å²) in [6, 6.07) is 3.12. The monoisotopic (exact) mass is 238 g/mol. The Bertz CT molecular complexity index is 393. The first-order valence-electron chi connectivity index (χ1n) is 5.67. The molecule has 0 fully saturated rings. The molecule has 0 aromatic carbocycles. The maximum absolute atomic E-state index is 10.8. The molecular formula is C12H18N2O3. The quantitative estimate of drug-likeness (QED) is 0.702. The Morgan fingerprint density at radius 3 is 2.76 bits per heavy atom. The third-order valence-electron chi connectivity index (χ3n) is 2.46. The maximum Gasteiger partial charge on any atom is 0.337 e. The number of carbonyl (C=O) groups is 1. The van der Waals surface area contributed by atoms with Crippen molar-refractivity contribution in [3.63, 3.8) is 0 Å². The van der Waals surface area contributed by atoms with E-state index in [1.807, 2.05) is 6.92 Å². The van der Waals surface area contributed by atoms with Gasteiger partial charge in [0.15, 0.2) is 0 Å². The zero-order valence-electron chi connectivity index (χ0n) is 10.1. The first-order chi connectivity index (χ1) is 8.04. The molecule has 0 aliphatic carbocycles. The fraction of sp³-hybridized carbons (Fsp3) is 0.500. The van der Waals surface area contributed by atoms with Gasteiger partial charge in [0.25, 0.3) is 0 Å². The summed E-state index contributed by atoms with van der Waals surface area (Å²) in [4.78, 5) is 14.9. The number of aromatic nitrogens is 1. The highest BCUT2D eigenvalue weighted by atomic mass is 16.4. The summed E-state index contributed by atoms with van der Waals surface area (Å²) in [5.74, 6) is -0.393. The van der Waals surface area contributed by atoms with Gasteiger partial charge in [0.1, 0.15) is 5.82 Å². The van der Waals surface area contributed by atoms with Gasteiger partial charge >= 0.3 is 5.97 Å². The van der Waals surface area contributed by atoms with Crippen molar-refractivity contribution in [2.45, 2.75) is 32.8 Å². The van der Waals surface area contributed by atoms with Gasteiger partial charge in [-0.1, -0.05) is 13.3 Å². The van der Waals surface area contributed by atoms with Crippen molar-refractivity contribution in [1.29, 1.82) is 0 Å². The number of hydrogen-bond donors (Lipinski definition) is 3. The van der Waals surface area contributed by atoms with E-state index in [1.165, 1.54) is 6.07 Å². The van der Waals surface area contributed by atoms with Crippen LogP contribution in [0.15, 0.2) is 12.1 Å². The third kappa shape index (κ3) is 4.03. The summed E-state index contributed by atoms with van der Waals surface area (Å²) in [5, 5.41) is 21.4. The smallest absolute Gasteiger partial charge is 0.337 e. The molecule has 0 saturated heterocycles. The molecule has 1 aromatic heterocycles. The van der Waals surface area contributed by atoms with Gasteiger partial charge < -0.3 is 15.5 Å². The van der Waals surface area contributed by atoms with Gasteiger partial charge in [0.2, 0.25) is 0 Å². The SMILES string of the molecule is CCCC(O)CNc1ccc(C(=O)O)c(C)n1. The molecule has 0 aliphatic rings. The van der Waals surface area contributed by atoms with Crippen molar-refractivity contribution in [3.05, 3.63) is 23.4 Å². The summed E-state index contributed by atoms with van der Waals surface area (Å²) >= 11 is 0. The minimum absolute atomic E-state index is 0.199. The molecule has 5 heteroatoms. The van der Waals surface area contributed by atoms with E-state index in [-0.39, 0.29) is 5.56 Å². The first kappa shape index (κ1) is 13.4. The highest BCUT2D eigenvalue weighted by Crippen LogP contribution is 2.10. The number of hydrogen-bond acceptors (Lipinski definition) is 4. The summed E-state index contributed by atoms with van der Waals surface area (Å²) in [6.07, 6.45) is 1.26. The van der Waals surface area contributed by atoms with Crippen LogP contribution in [0.1, 0.15) is 35.8 Å². The van der Waals surface area contributed by atoms with Gasteiger partial charge in [-0.15, -0.1) is 0 Å². The van der Waals surface area contributed by atoms with Gasteiger partial charge in [-0.25, -0.2) is 9.78 Å². The van der Waals surface area contributed by atoms with Crippen LogP contribution in [0.5, 0.6) is 0 Å². The molecule has 0 bridgehead atoms. The number of aryl methyl sites for hydroxylation is 1. The van der Waals surface area contributed by atoms with Crippen molar-refractivity contribution in [2.24, 2.45) is 0 Å². The van der Waals surface area contributed by atoms with Crippen molar-refractivity contribution in [3.8, 4) is 0 Å². The van der Waals surface area contributed by atoms with E-state index in [4.69, 9.17) is 5.11 Å². The molecule has 0 aliphatic heterocycles. The normalized spacial score (nSPS) is 12.2. The van der Waals surface area contributed by atoms with Crippen LogP contribution in [0.2, 0.25) is 0 Å². The molecule has 1 atom stereocenters.